The molecule has 1 saturated heterocycles. The third-order valence-electron chi connectivity index (χ3n) is 4.27. The van der Waals surface area contributed by atoms with Gasteiger partial charge >= 0.3 is 0 Å². The van der Waals surface area contributed by atoms with E-state index in [2.05, 4.69) is 43.1 Å². The summed E-state index contributed by atoms with van der Waals surface area (Å²) in [6.45, 7) is 9.36. The van der Waals surface area contributed by atoms with Gasteiger partial charge in [-0.1, -0.05) is 13.8 Å². The minimum atomic E-state index is 0.720. The van der Waals surface area contributed by atoms with Gasteiger partial charge in [0.15, 0.2) is 0 Å². The third-order valence-corrected chi connectivity index (χ3v) is 4.27. The van der Waals surface area contributed by atoms with Crippen LogP contribution in [0.15, 0.2) is 0 Å². The Kier molecular flexibility index (Phi) is 7.87. The van der Waals surface area contributed by atoms with Crippen LogP contribution in [0.25, 0.3) is 0 Å². The Morgan fingerprint density at radius 1 is 1.39 bits per heavy atom. The van der Waals surface area contributed by atoms with Crippen LogP contribution in [0.3, 0.4) is 0 Å². The van der Waals surface area contributed by atoms with E-state index in [-0.39, 0.29) is 0 Å². The van der Waals surface area contributed by atoms with Crippen LogP contribution in [-0.4, -0.2) is 62.2 Å². The van der Waals surface area contributed by atoms with Crippen molar-refractivity contribution < 1.29 is 0 Å². The maximum absolute atomic E-state index is 3.56. The average Bonchev–Trinajstić information content (AvgIpc) is 2.74. The van der Waals surface area contributed by atoms with Crippen LogP contribution in [0.1, 0.15) is 46.0 Å². The van der Waals surface area contributed by atoms with Gasteiger partial charge in [-0.15, -0.1) is 0 Å². The van der Waals surface area contributed by atoms with Crippen LogP contribution in [0.4, 0.5) is 0 Å². The quantitative estimate of drug-likeness (QED) is 0.681. The highest BCUT2D eigenvalue weighted by Crippen LogP contribution is 2.15. The number of hydrogen-bond donors (Lipinski definition) is 1. The highest BCUT2D eigenvalue weighted by molar-refractivity contribution is 4.78. The molecule has 0 aromatic heterocycles. The summed E-state index contributed by atoms with van der Waals surface area (Å²) in [7, 11) is 4.55. The minimum Gasteiger partial charge on any atom is -0.314 e. The summed E-state index contributed by atoms with van der Waals surface area (Å²) in [4.78, 5) is 5.04. The molecule has 0 amide bonds. The monoisotopic (exact) mass is 255 g/mol. The summed E-state index contributed by atoms with van der Waals surface area (Å²) in [5.74, 6) is 0. The first-order chi connectivity index (χ1) is 8.67. The fourth-order valence-corrected chi connectivity index (χ4v) is 3.01. The van der Waals surface area contributed by atoms with E-state index in [1.54, 1.807) is 0 Å². The predicted octanol–water partition coefficient (Wildman–Crippen LogP) is 2.18. The summed E-state index contributed by atoms with van der Waals surface area (Å²) in [5, 5.41) is 3.56. The van der Waals surface area contributed by atoms with E-state index in [4.69, 9.17) is 0 Å². The first-order valence-electron chi connectivity index (χ1n) is 7.79. The zero-order valence-electron chi connectivity index (χ0n) is 12.9. The zero-order chi connectivity index (χ0) is 13.4. The maximum Gasteiger partial charge on any atom is 0.0220 e. The molecule has 0 bridgehead atoms. The van der Waals surface area contributed by atoms with Crippen LogP contribution in [-0.2, 0) is 0 Å². The van der Waals surface area contributed by atoms with E-state index < -0.39 is 0 Å². The summed E-state index contributed by atoms with van der Waals surface area (Å²) in [6.07, 6.45) is 6.65. The molecule has 18 heavy (non-hydrogen) atoms. The van der Waals surface area contributed by atoms with Crippen LogP contribution < -0.4 is 5.32 Å². The number of nitrogens with zero attached hydrogens (tertiary/aromatic N) is 2. The average molecular weight is 255 g/mol. The Hall–Kier alpha value is -0.120. The Labute approximate surface area is 114 Å². The van der Waals surface area contributed by atoms with E-state index in [9.17, 15) is 0 Å². The van der Waals surface area contributed by atoms with Crippen molar-refractivity contribution in [3.8, 4) is 0 Å². The first-order valence-corrected chi connectivity index (χ1v) is 7.79. The molecule has 1 aliphatic heterocycles. The molecular weight excluding hydrogens is 222 g/mol. The van der Waals surface area contributed by atoms with Crippen LogP contribution in [0, 0.1) is 0 Å². The van der Waals surface area contributed by atoms with E-state index in [1.165, 1.54) is 51.7 Å². The van der Waals surface area contributed by atoms with Gasteiger partial charge in [-0.2, -0.15) is 0 Å². The van der Waals surface area contributed by atoms with Gasteiger partial charge in [-0.3, -0.25) is 0 Å². The molecule has 1 fully saturated rings. The van der Waals surface area contributed by atoms with Gasteiger partial charge in [0.25, 0.3) is 0 Å². The lowest BCUT2D eigenvalue weighted by Crippen LogP contribution is -2.37. The minimum absolute atomic E-state index is 0.720. The highest BCUT2D eigenvalue weighted by atomic mass is 15.2. The van der Waals surface area contributed by atoms with Gasteiger partial charge in [0.05, 0.1) is 0 Å². The van der Waals surface area contributed by atoms with Crippen molar-refractivity contribution >= 4 is 0 Å². The molecule has 0 saturated carbocycles. The van der Waals surface area contributed by atoms with Crippen molar-refractivity contribution in [1.29, 1.82) is 0 Å². The molecule has 2 unspecified atom stereocenters. The van der Waals surface area contributed by atoms with Gasteiger partial charge in [-0.25, -0.2) is 0 Å². The largest absolute Gasteiger partial charge is 0.314 e. The third kappa shape index (κ3) is 5.68. The van der Waals surface area contributed by atoms with Crippen molar-refractivity contribution in [3.63, 3.8) is 0 Å². The van der Waals surface area contributed by atoms with Crippen molar-refractivity contribution in [1.82, 2.24) is 15.1 Å². The summed E-state index contributed by atoms with van der Waals surface area (Å²) in [5.41, 5.74) is 0. The standard InChI is InChI=1S/C15H33N3/c1-5-14(16-6-2)9-7-11-17(3)13-15-10-8-12-18(15)4/h14-16H,5-13H2,1-4H3. The molecule has 0 aromatic carbocycles. The highest BCUT2D eigenvalue weighted by Gasteiger charge is 2.21. The lowest BCUT2D eigenvalue weighted by Gasteiger charge is -2.26. The van der Waals surface area contributed by atoms with Crippen molar-refractivity contribution in [2.24, 2.45) is 0 Å². The predicted molar refractivity (Wildman–Crippen MR) is 80.1 cm³/mol. The molecule has 1 rings (SSSR count). The number of nitrogens with one attached hydrogen (secondary N) is 1. The molecule has 3 heteroatoms. The Morgan fingerprint density at radius 3 is 2.72 bits per heavy atom. The normalized spacial score (nSPS) is 22.8. The lowest BCUT2D eigenvalue weighted by molar-refractivity contribution is 0.216. The Morgan fingerprint density at radius 2 is 2.17 bits per heavy atom. The topological polar surface area (TPSA) is 18.5 Å². The molecule has 0 aliphatic carbocycles. The van der Waals surface area contributed by atoms with Crippen molar-refractivity contribution in [3.05, 3.63) is 0 Å². The van der Waals surface area contributed by atoms with Gasteiger partial charge in [-0.05, 0) is 65.8 Å². The van der Waals surface area contributed by atoms with Gasteiger partial charge in [0, 0.05) is 18.6 Å². The fourth-order valence-electron chi connectivity index (χ4n) is 3.01. The molecule has 108 valence electrons. The van der Waals surface area contributed by atoms with Crippen molar-refractivity contribution in [2.45, 2.75) is 58.0 Å². The van der Waals surface area contributed by atoms with Crippen LogP contribution in [0.2, 0.25) is 0 Å². The number of likely N-dealkylation sites (N-methyl/N-ethyl adjacent to an activating group) is 2. The molecule has 1 aliphatic rings. The summed E-state index contributed by atoms with van der Waals surface area (Å²) >= 11 is 0. The second-order valence-electron chi connectivity index (χ2n) is 5.84. The second-order valence-corrected chi connectivity index (χ2v) is 5.84. The van der Waals surface area contributed by atoms with E-state index in [0.717, 1.165) is 18.6 Å². The molecular formula is C15H33N3. The molecule has 0 radical (unpaired) electrons. The SMILES string of the molecule is CCNC(CC)CCCN(C)CC1CCCN1C. The Bertz CT molecular complexity index is 208. The van der Waals surface area contributed by atoms with Gasteiger partial charge in [0.2, 0.25) is 0 Å². The molecule has 1 N–H and O–H groups in total. The van der Waals surface area contributed by atoms with E-state index >= 15 is 0 Å². The number of hydrogen-bond acceptors (Lipinski definition) is 3. The van der Waals surface area contributed by atoms with Gasteiger partial charge in [0.1, 0.15) is 0 Å². The summed E-state index contributed by atoms with van der Waals surface area (Å²) < 4.78 is 0. The molecule has 0 spiro atoms. The second kappa shape index (κ2) is 8.89. The zero-order valence-corrected chi connectivity index (χ0v) is 12.9. The summed E-state index contributed by atoms with van der Waals surface area (Å²) in [6, 6.07) is 1.52. The number of rotatable bonds is 9. The molecule has 2 atom stereocenters. The lowest BCUT2D eigenvalue weighted by atomic mass is 10.1. The van der Waals surface area contributed by atoms with E-state index in [0.29, 0.717) is 0 Å². The molecule has 1 heterocycles. The number of likely N-dealkylation sites (tertiary alicyclic amines) is 1. The first kappa shape index (κ1) is 15.9. The van der Waals surface area contributed by atoms with E-state index in [1.807, 2.05) is 0 Å². The molecule has 3 nitrogen and oxygen atoms in total. The maximum atomic E-state index is 3.56. The fraction of sp³-hybridized carbons (Fsp3) is 1.00. The smallest absolute Gasteiger partial charge is 0.0220 e. The van der Waals surface area contributed by atoms with Crippen LogP contribution in [0.5, 0.6) is 0 Å². The van der Waals surface area contributed by atoms with Gasteiger partial charge < -0.3 is 15.1 Å². The molecule has 0 aromatic rings. The Balaban J connectivity index is 2.10. The van der Waals surface area contributed by atoms with Crippen molar-refractivity contribution in [2.75, 3.05) is 40.3 Å². The van der Waals surface area contributed by atoms with Crippen LogP contribution >= 0.6 is 0 Å².